The Balaban J connectivity index is 0.000000155. The summed E-state index contributed by atoms with van der Waals surface area (Å²) in [5, 5.41) is 9.92. The number of rotatable bonds is 14. The molecule has 448 valence electrons. The zero-order chi connectivity index (χ0) is 63.2. The van der Waals surface area contributed by atoms with Crippen LogP contribution in [-0.2, 0) is 0 Å². The fourth-order valence-corrected chi connectivity index (χ4v) is 13.0. The molecule has 0 saturated carbocycles. The zero-order valence-corrected chi connectivity index (χ0v) is 52.6. The quantitative estimate of drug-likeness (QED) is 0.108. The van der Waals surface area contributed by atoms with Gasteiger partial charge < -0.3 is 19.6 Å². The van der Waals surface area contributed by atoms with Crippen LogP contribution in [0.25, 0.3) is 87.6 Å². The minimum absolute atomic E-state index is 1.11. The molecule has 16 aromatic rings. The SMILES string of the molecule is CN(c1ccc(-c2ccc(N(c3cccc(-c4ccccc4)c3)c3ccc4ccccc4c3)cc2)cc1)c1ccc2ccccc2c1.CN(c1ccc(-c2ccc(N(c3cccc(-c4ccccc4)c3)c3ccc4ccccc4c3)cc2)cc1)c1cccc2ccccc12. The summed E-state index contributed by atoms with van der Waals surface area (Å²) in [6.07, 6.45) is 0. The molecule has 0 aromatic heterocycles. The molecule has 0 aliphatic heterocycles. The van der Waals surface area contributed by atoms with Crippen LogP contribution in [0, 0.1) is 0 Å². The molecule has 0 saturated heterocycles. The molecule has 0 aliphatic carbocycles. The first kappa shape index (κ1) is 58.2. The lowest BCUT2D eigenvalue weighted by Crippen LogP contribution is -2.10. The Kier molecular flexibility index (Phi) is 16.3. The zero-order valence-electron chi connectivity index (χ0n) is 52.6. The number of anilines is 10. The van der Waals surface area contributed by atoms with Crippen molar-refractivity contribution in [2.24, 2.45) is 0 Å². The molecule has 94 heavy (non-hydrogen) atoms. The Bertz CT molecular complexity index is 5270. The van der Waals surface area contributed by atoms with Crippen molar-refractivity contribution in [2.75, 3.05) is 33.7 Å². The third kappa shape index (κ3) is 12.3. The lowest BCUT2D eigenvalue weighted by molar-refractivity contribution is 1.21. The molecular weight excluding hydrogens is 1140 g/mol. The third-order valence-corrected chi connectivity index (χ3v) is 18.1. The lowest BCUT2D eigenvalue weighted by Gasteiger charge is -2.26. The van der Waals surface area contributed by atoms with Crippen LogP contribution in [0.1, 0.15) is 0 Å². The van der Waals surface area contributed by atoms with Crippen molar-refractivity contribution in [3.05, 3.63) is 376 Å². The highest BCUT2D eigenvalue weighted by atomic mass is 15.1. The van der Waals surface area contributed by atoms with E-state index in [1.54, 1.807) is 0 Å². The van der Waals surface area contributed by atoms with E-state index in [4.69, 9.17) is 0 Å². The summed E-state index contributed by atoms with van der Waals surface area (Å²) in [6, 6.07) is 135. The van der Waals surface area contributed by atoms with E-state index in [1.807, 2.05) is 0 Å². The average molecular weight is 1210 g/mol. The first-order valence-corrected chi connectivity index (χ1v) is 32.1. The van der Waals surface area contributed by atoms with E-state index in [0.29, 0.717) is 0 Å². The first-order chi connectivity index (χ1) is 46.4. The van der Waals surface area contributed by atoms with Crippen LogP contribution < -0.4 is 19.6 Å². The van der Waals surface area contributed by atoms with Gasteiger partial charge in [0.25, 0.3) is 0 Å². The predicted octanol–water partition coefficient (Wildman–Crippen LogP) is 25.1. The van der Waals surface area contributed by atoms with Crippen LogP contribution in [0.3, 0.4) is 0 Å². The second-order valence-corrected chi connectivity index (χ2v) is 23.9. The topological polar surface area (TPSA) is 13.0 Å². The molecule has 0 spiro atoms. The average Bonchev–Trinajstić information content (AvgIpc) is 3.49. The molecule has 0 atom stereocenters. The summed E-state index contributed by atoms with van der Waals surface area (Å²) in [5.74, 6) is 0. The highest BCUT2D eigenvalue weighted by Gasteiger charge is 2.18. The van der Waals surface area contributed by atoms with Crippen LogP contribution >= 0.6 is 0 Å². The fraction of sp³-hybridized carbons (Fsp3) is 0.0222. The second-order valence-electron chi connectivity index (χ2n) is 23.9. The van der Waals surface area contributed by atoms with Gasteiger partial charge in [0, 0.05) is 76.4 Å². The normalized spacial score (nSPS) is 11.1. The molecule has 0 bridgehead atoms. The standard InChI is InChI=1S/2C45H34N2/c1-46(43-28-22-34-12-5-7-14-38(34)30-43)41-24-18-36(19-25-41)37-20-26-42(27-21-37)47(45-29-23-35-13-6-8-15-39(35)32-45)44-17-9-16-40(31-44)33-10-3-2-4-11-33;1-46(45-20-10-16-37-14-7-8-19-44(37)45)40-26-21-35(22-27-40)36-23-28-41(29-24-36)47(43-30-25-34-13-5-6-15-38(34)32-43)42-18-9-17-39(31-42)33-11-3-2-4-12-33/h2*2-32H,1H3. The van der Waals surface area contributed by atoms with E-state index in [1.165, 1.54) is 99.0 Å². The van der Waals surface area contributed by atoms with E-state index in [2.05, 4.69) is 410 Å². The van der Waals surface area contributed by atoms with Gasteiger partial charge >= 0.3 is 0 Å². The fourth-order valence-electron chi connectivity index (χ4n) is 13.0. The number of nitrogens with zero attached hydrogens (tertiary/aromatic N) is 4. The summed E-state index contributed by atoms with van der Waals surface area (Å²) >= 11 is 0. The summed E-state index contributed by atoms with van der Waals surface area (Å²) in [4.78, 5) is 9.21. The molecule has 4 nitrogen and oxygen atoms in total. The van der Waals surface area contributed by atoms with Gasteiger partial charge in [0.2, 0.25) is 0 Å². The van der Waals surface area contributed by atoms with Crippen LogP contribution in [0.15, 0.2) is 376 Å². The number of benzene rings is 16. The van der Waals surface area contributed by atoms with Gasteiger partial charge in [0.15, 0.2) is 0 Å². The van der Waals surface area contributed by atoms with Gasteiger partial charge in [0.05, 0.1) is 0 Å². The second kappa shape index (κ2) is 26.3. The maximum absolute atomic E-state index is 2.35. The van der Waals surface area contributed by atoms with Gasteiger partial charge in [-0.25, -0.2) is 0 Å². The highest BCUT2D eigenvalue weighted by Crippen LogP contribution is 2.42. The van der Waals surface area contributed by atoms with Crippen LogP contribution in [-0.4, -0.2) is 14.1 Å². The Labute approximate surface area is 551 Å². The first-order valence-electron chi connectivity index (χ1n) is 32.1. The Morgan fingerprint density at radius 2 is 0.447 bits per heavy atom. The largest absolute Gasteiger partial charge is 0.345 e. The van der Waals surface area contributed by atoms with E-state index < -0.39 is 0 Å². The molecule has 0 heterocycles. The smallest absolute Gasteiger partial charge is 0.0487 e. The van der Waals surface area contributed by atoms with Gasteiger partial charge in [-0.05, 0) is 197 Å². The van der Waals surface area contributed by atoms with E-state index in [9.17, 15) is 0 Å². The van der Waals surface area contributed by atoms with Crippen molar-refractivity contribution in [1.29, 1.82) is 0 Å². The van der Waals surface area contributed by atoms with Crippen LogP contribution in [0.5, 0.6) is 0 Å². The number of fused-ring (bicyclic) bond motifs is 4. The molecule has 0 unspecified atom stereocenters. The molecule has 0 radical (unpaired) electrons. The minimum atomic E-state index is 1.11. The van der Waals surface area contributed by atoms with Crippen LogP contribution in [0.2, 0.25) is 0 Å². The number of hydrogen-bond donors (Lipinski definition) is 0. The summed E-state index contributed by atoms with van der Waals surface area (Å²) < 4.78 is 0. The molecule has 4 heteroatoms. The molecule has 16 rings (SSSR count). The van der Waals surface area contributed by atoms with Gasteiger partial charge in [-0.1, -0.05) is 261 Å². The van der Waals surface area contributed by atoms with Crippen molar-refractivity contribution < 1.29 is 0 Å². The molecule has 16 aromatic carbocycles. The predicted molar refractivity (Wildman–Crippen MR) is 403 cm³/mol. The minimum Gasteiger partial charge on any atom is -0.345 e. The van der Waals surface area contributed by atoms with Crippen molar-refractivity contribution in [2.45, 2.75) is 0 Å². The summed E-state index contributed by atoms with van der Waals surface area (Å²) in [7, 11) is 4.27. The lowest BCUT2D eigenvalue weighted by atomic mass is 10.0. The van der Waals surface area contributed by atoms with E-state index in [-0.39, 0.29) is 0 Å². The Morgan fingerprint density at radius 3 is 0.883 bits per heavy atom. The van der Waals surface area contributed by atoms with Crippen molar-refractivity contribution in [3.63, 3.8) is 0 Å². The maximum Gasteiger partial charge on any atom is 0.0487 e. The molecule has 0 N–H and O–H groups in total. The van der Waals surface area contributed by atoms with Crippen molar-refractivity contribution in [1.82, 2.24) is 0 Å². The van der Waals surface area contributed by atoms with E-state index in [0.717, 1.165) is 45.5 Å². The summed E-state index contributed by atoms with van der Waals surface area (Å²) in [6.45, 7) is 0. The molecule has 0 aliphatic rings. The van der Waals surface area contributed by atoms with Crippen molar-refractivity contribution >= 4 is 100.0 Å². The maximum atomic E-state index is 2.35. The van der Waals surface area contributed by atoms with E-state index >= 15 is 0 Å². The van der Waals surface area contributed by atoms with Gasteiger partial charge in [-0.2, -0.15) is 0 Å². The number of hydrogen-bond acceptors (Lipinski definition) is 4. The highest BCUT2D eigenvalue weighted by molar-refractivity contribution is 5.97. The third-order valence-electron chi connectivity index (χ3n) is 18.1. The van der Waals surface area contributed by atoms with Gasteiger partial charge in [0.1, 0.15) is 0 Å². The van der Waals surface area contributed by atoms with Crippen molar-refractivity contribution in [3.8, 4) is 44.5 Å². The Hall–Kier alpha value is -12.2. The molecule has 0 amide bonds. The van der Waals surface area contributed by atoms with Gasteiger partial charge in [-0.3, -0.25) is 0 Å². The summed E-state index contributed by atoms with van der Waals surface area (Å²) in [5.41, 5.74) is 21.0. The monoisotopic (exact) mass is 1200 g/mol. The van der Waals surface area contributed by atoms with Crippen LogP contribution in [0.4, 0.5) is 56.9 Å². The van der Waals surface area contributed by atoms with Gasteiger partial charge in [-0.15, -0.1) is 0 Å². The molecule has 0 fully saturated rings. The molecular formula is C90H68N4. The Morgan fingerprint density at radius 1 is 0.160 bits per heavy atom.